The Morgan fingerprint density at radius 2 is 1.56 bits per heavy atom. The number of likely N-dealkylation sites (N-methyl/N-ethyl adjacent to an activating group) is 1. The highest BCUT2D eigenvalue weighted by molar-refractivity contribution is 5.61. The Kier molecular flexibility index (Phi) is 4.99. The van der Waals surface area contributed by atoms with Crippen molar-refractivity contribution in [1.29, 1.82) is 0 Å². The first-order chi connectivity index (χ1) is 12.3. The van der Waals surface area contributed by atoms with Crippen LogP contribution in [0, 0.1) is 0 Å². The number of anilines is 1. The van der Waals surface area contributed by atoms with Gasteiger partial charge < -0.3 is 9.80 Å². The maximum atomic E-state index is 4.69. The van der Waals surface area contributed by atoms with Crippen molar-refractivity contribution in [3.8, 4) is 11.3 Å². The molecule has 0 saturated carbocycles. The molecule has 0 N–H and O–H groups in total. The highest BCUT2D eigenvalue weighted by Gasteiger charge is 2.14. The quantitative estimate of drug-likeness (QED) is 0.856. The van der Waals surface area contributed by atoms with Crippen LogP contribution in [0.2, 0.25) is 0 Å². The van der Waals surface area contributed by atoms with Crippen LogP contribution in [0.5, 0.6) is 0 Å². The zero-order valence-electron chi connectivity index (χ0n) is 15.2. The van der Waals surface area contributed by atoms with Crippen molar-refractivity contribution in [1.82, 2.24) is 14.8 Å². The molecule has 2 saturated heterocycles. The zero-order chi connectivity index (χ0) is 17.1. The van der Waals surface area contributed by atoms with Gasteiger partial charge in [0.25, 0.3) is 0 Å². The molecule has 0 aliphatic carbocycles. The van der Waals surface area contributed by atoms with E-state index in [1.54, 1.807) is 0 Å². The van der Waals surface area contributed by atoms with E-state index in [0.29, 0.717) is 0 Å². The van der Waals surface area contributed by atoms with Gasteiger partial charge in [0.15, 0.2) is 0 Å². The summed E-state index contributed by atoms with van der Waals surface area (Å²) in [5.41, 5.74) is 4.92. The second-order valence-electron chi connectivity index (χ2n) is 7.37. The largest absolute Gasteiger partial charge is 0.370 e. The van der Waals surface area contributed by atoms with E-state index in [-0.39, 0.29) is 0 Å². The number of hydrogen-bond acceptors (Lipinski definition) is 4. The van der Waals surface area contributed by atoms with Gasteiger partial charge in [-0.25, -0.2) is 0 Å². The number of hydrogen-bond donors (Lipinski definition) is 0. The molecular weight excluding hydrogens is 308 g/mol. The molecule has 2 aromatic rings. The summed E-state index contributed by atoms with van der Waals surface area (Å²) in [5, 5.41) is 0. The van der Waals surface area contributed by atoms with Gasteiger partial charge in [-0.1, -0.05) is 24.3 Å². The molecule has 25 heavy (non-hydrogen) atoms. The van der Waals surface area contributed by atoms with E-state index in [4.69, 9.17) is 0 Å². The lowest BCUT2D eigenvalue weighted by molar-refractivity contribution is 0.148. The van der Waals surface area contributed by atoms with Crippen molar-refractivity contribution in [2.24, 2.45) is 0 Å². The van der Waals surface area contributed by atoms with E-state index in [1.807, 2.05) is 6.20 Å². The molecule has 4 rings (SSSR count). The van der Waals surface area contributed by atoms with Crippen molar-refractivity contribution in [2.45, 2.75) is 19.4 Å². The minimum Gasteiger partial charge on any atom is -0.370 e. The van der Waals surface area contributed by atoms with Crippen LogP contribution in [0.3, 0.4) is 0 Å². The van der Waals surface area contributed by atoms with Crippen molar-refractivity contribution < 1.29 is 0 Å². The summed E-state index contributed by atoms with van der Waals surface area (Å²) in [5.74, 6) is 0. The lowest BCUT2D eigenvalue weighted by Crippen LogP contribution is -2.43. The smallest absolute Gasteiger partial charge is 0.0703 e. The molecule has 0 unspecified atom stereocenters. The van der Waals surface area contributed by atoms with Crippen LogP contribution in [0.1, 0.15) is 18.4 Å². The van der Waals surface area contributed by atoms with Gasteiger partial charge in [-0.05, 0) is 37.6 Å². The fourth-order valence-corrected chi connectivity index (χ4v) is 3.76. The van der Waals surface area contributed by atoms with Gasteiger partial charge in [0.2, 0.25) is 0 Å². The van der Waals surface area contributed by atoms with Gasteiger partial charge in [-0.15, -0.1) is 0 Å². The van der Waals surface area contributed by atoms with Crippen LogP contribution in [-0.4, -0.2) is 61.1 Å². The van der Waals surface area contributed by atoms with E-state index in [2.05, 4.69) is 63.1 Å². The van der Waals surface area contributed by atoms with Gasteiger partial charge >= 0.3 is 0 Å². The molecule has 4 heteroatoms. The SMILES string of the molecule is CN1CCN(Cc2ccc(-c3ccc(N4CCCC4)cn3)cc2)CC1. The Morgan fingerprint density at radius 1 is 0.840 bits per heavy atom. The molecule has 2 aliphatic rings. The Bertz CT molecular complexity index is 666. The van der Waals surface area contributed by atoms with E-state index in [1.165, 1.54) is 55.8 Å². The topological polar surface area (TPSA) is 22.6 Å². The summed E-state index contributed by atoms with van der Waals surface area (Å²) in [4.78, 5) is 12.1. The van der Waals surface area contributed by atoms with Gasteiger partial charge in [0.05, 0.1) is 17.6 Å². The number of nitrogens with zero attached hydrogens (tertiary/aromatic N) is 4. The van der Waals surface area contributed by atoms with Crippen molar-refractivity contribution >= 4 is 5.69 Å². The second kappa shape index (κ2) is 7.54. The van der Waals surface area contributed by atoms with Gasteiger partial charge in [-0.2, -0.15) is 0 Å². The molecule has 132 valence electrons. The predicted octanol–water partition coefficient (Wildman–Crippen LogP) is 3.10. The molecule has 0 bridgehead atoms. The van der Waals surface area contributed by atoms with Crippen LogP contribution < -0.4 is 4.90 Å². The van der Waals surface area contributed by atoms with Crippen LogP contribution >= 0.6 is 0 Å². The van der Waals surface area contributed by atoms with E-state index < -0.39 is 0 Å². The Labute approximate surface area is 151 Å². The summed E-state index contributed by atoms with van der Waals surface area (Å²) >= 11 is 0. The maximum Gasteiger partial charge on any atom is 0.0703 e. The fraction of sp³-hybridized carbons (Fsp3) is 0.476. The average molecular weight is 336 g/mol. The Hall–Kier alpha value is -1.91. The third-order valence-electron chi connectivity index (χ3n) is 5.47. The first-order valence-electron chi connectivity index (χ1n) is 9.49. The molecule has 1 aromatic heterocycles. The summed E-state index contributed by atoms with van der Waals surface area (Å²) in [6.07, 6.45) is 4.63. The third-order valence-corrected chi connectivity index (χ3v) is 5.47. The first kappa shape index (κ1) is 16.6. The molecular formula is C21H28N4. The van der Waals surface area contributed by atoms with Gasteiger partial charge in [0.1, 0.15) is 0 Å². The highest BCUT2D eigenvalue weighted by atomic mass is 15.2. The molecule has 4 nitrogen and oxygen atoms in total. The molecule has 2 aliphatic heterocycles. The first-order valence-corrected chi connectivity index (χ1v) is 9.49. The maximum absolute atomic E-state index is 4.69. The van der Waals surface area contributed by atoms with Crippen molar-refractivity contribution in [2.75, 3.05) is 51.2 Å². The van der Waals surface area contributed by atoms with E-state index >= 15 is 0 Å². The molecule has 0 spiro atoms. The zero-order valence-corrected chi connectivity index (χ0v) is 15.2. The summed E-state index contributed by atoms with van der Waals surface area (Å²) < 4.78 is 0. The van der Waals surface area contributed by atoms with Crippen LogP contribution in [0.4, 0.5) is 5.69 Å². The summed E-state index contributed by atoms with van der Waals surface area (Å²) in [6.45, 7) is 8.06. The highest BCUT2D eigenvalue weighted by Crippen LogP contribution is 2.23. The van der Waals surface area contributed by atoms with Gasteiger partial charge in [0, 0.05) is 51.4 Å². The van der Waals surface area contributed by atoms with E-state index in [9.17, 15) is 0 Å². The Balaban J connectivity index is 1.39. The van der Waals surface area contributed by atoms with Gasteiger partial charge in [-0.3, -0.25) is 9.88 Å². The second-order valence-corrected chi connectivity index (χ2v) is 7.37. The molecule has 0 amide bonds. The van der Waals surface area contributed by atoms with Crippen LogP contribution in [0.15, 0.2) is 42.6 Å². The predicted molar refractivity (Wildman–Crippen MR) is 104 cm³/mol. The molecule has 2 fully saturated rings. The summed E-state index contributed by atoms with van der Waals surface area (Å²) in [6, 6.07) is 13.3. The van der Waals surface area contributed by atoms with Crippen LogP contribution in [-0.2, 0) is 6.54 Å². The van der Waals surface area contributed by atoms with Crippen molar-refractivity contribution in [3.63, 3.8) is 0 Å². The number of aromatic nitrogens is 1. The number of pyridine rings is 1. The molecule has 0 atom stereocenters. The number of benzene rings is 1. The lowest BCUT2D eigenvalue weighted by atomic mass is 10.1. The number of piperazine rings is 1. The standard InChI is InChI=1S/C21H28N4/c1-23-12-14-24(15-13-23)17-18-4-6-19(7-5-18)21-9-8-20(16-22-21)25-10-2-3-11-25/h4-9,16H,2-3,10-15,17H2,1H3. The third kappa shape index (κ3) is 4.02. The van der Waals surface area contributed by atoms with E-state index in [0.717, 1.165) is 25.3 Å². The molecule has 3 heterocycles. The van der Waals surface area contributed by atoms with Crippen LogP contribution in [0.25, 0.3) is 11.3 Å². The molecule has 1 aromatic carbocycles. The Morgan fingerprint density at radius 3 is 2.20 bits per heavy atom. The monoisotopic (exact) mass is 336 g/mol. The number of rotatable bonds is 4. The fourth-order valence-electron chi connectivity index (χ4n) is 3.76. The minimum atomic E-state index is 1.05. The summed E-state index contributed by atoms with van der Waals surface area (Å²) in [7, 11) is 2.20. The minimum absolute atomic E-state index is 1.05. The molecule has 0 radical (unpaired) electrons. The van der Waals surface area contributed by atoms with Crippen molar-refractivity contribution in [3.05, 3.63) is 48.2 Å². The average Bonchev–Trinajstić information content (AvgIpc) is 3.19. The lowest BCUT2D eigenvalue weighted by Gasteiger charge is -2.32. The normalized spacial score (nSPS) is 19.5.